The zero-order valence-electron chi connectivity index (χ0n) is 10.8. The van der Waals surface area contributed by atoms with Crippen LogP contribution in [0, 0.1) is 11.6 Å². The van der Waals surface area contributed by atoms with Crippen LogP contribution in [0.1, 0.15) is 23.1 Å². The second-order valence-electron chi connectivity index (χ2n) is 4.89. The predicted octanol–water partition coefficient (Wildman–Crippen LogP) is 5.51. The number of aryl methyl sites for hydroxylation is 2. The minimum Gasteiger partial charge on any atom is -0.207 e. The molecular weight excluding hydrogens is 342 g/mol. The van der Waals surface area contributed by atoms with E-state index < -0.39 is 11.6 Å². The zero-order chi connectivity index (χ0) is 14.1. The number of thioether (sulfide) groups is 1. The number of hydrogen-bond donors (Lipinski definition) is 0. The molecule has 2 aromatic carbocycles. The molecule has 0 amide bonds. The Morgan fingerprint density at radius 3 is 2.70 bits per heavy atom. The van der Waals surface area contributed by atoms with Gasteiger partial charge in [0.1, 0.15) is 11.6 Å². The van der Waals surface area contributed by atoms with E-state index in [-0.39, 0.29) is 5.56 Å². The fourth-order valence-corrected chi connectivity index (χ4v) is 3.83. The number of halogens is 3. The van der Waals surface area contributed by atoms with Gasteiger partial charge in [-0.3, -0.25) is 0 Å². The molecule has 4 heteroatoms. The molecule has 104 valence electrons. The molecule has 0 saturated carbocycles. The third kappa shape index (κ3) is 2.77. The first kappa shape index (κ1) is 14.1. The minimum absolute atomic E-state index is 0.130. The van der Waals surface area contributed by atoms with Gasteiger partial charge in [-0.1, -0.05) is 6.07 Å². The summed E-state index contributed by atoms with van der Waals surface area (Å²) in [7, 11) is 0. The van der Waals surface area contributed by atoms with Crippen molar-refractivity contribution in [3.63, 3.8) is 0 Å². The quantitative estimate of drug-likeness (QED) is 0.517. The fourth-order valence-electron chi connectivity index (χ4n) is 2.49. The second kappa shape index (κ2) is 5.86. The first-order valence-electron chi connectivity index (χ1n) is 6.52. The van der Waals surface area contributed by atoms with Crippen LogP contribution in [0.25, 0.3) is 0 Å². The van der Waals surface area contributed by atoms with Crippen LogP contribution in [-0.2, 0) is 18.6 Å². The van der Waals surface area contributed by atoms with Crippen LogP contribution in [0.3, 0.4) is 0 Å². The highest BCUT2D eigenvalue weighted by Crippen LogP contribution is 2.31. The topological polar surface area (TPSA) is 0 Å². The molecule has 0 unspecified atom stereocenters. The van der Waals surface area contributed by atoms with E-state index in [0.29, 0.717) is 10.2 Å². The van der Waals surface area contributed by atoms with Crippen LogP contribution in [0.2, 0.25) is 0 Å². The number of rotatable bonds is 3. The summed E-state index contributed by atoms with van der Waals surface area (Å²) in [5, 5.41) is 0. The molecule has 20 heavy (non-hydrogen) atoms. The van der Waals surface area contributed by atoms with Crippen LogP contribution in [0.4, 0.5) is 8.78 Å². The van der Waals surface area contributed by atoms with Crippen molar-refractivity contribution in [3.8, 4) is 0 Å². The third-order valence-corrected chi connectivity index (χ3v) is 5.22. The Labute approximate surface area is 129 Å². The van der Waals surface area contributed by atoms with Gasteiger partial charge < -0.3 is 0 Å². The van der Waals surface area contributed by atoms with E-state index in [1.54, 1.807) is 0 Å². The summed E-state index contributed by atoms with van der Waals surface area (Å²) in [6.07, 6.45) is 3.47. The maximum atomic E-state index is 13.9. The molecule has 2 aromatic rings. The maximum Gasteiger partial charge on any atom is 0.144 e. The third-order valence-electron chi connectivity index (χ3n) is 3.59. The van der Waals surface area contributed by atoms with Gasteiger partial charge in [-0.05, 0) is 70.6 Å². The van der Waals surface area contributed by atoms with E-state index in [1.807, 2.05) is 6.07 Å². The van der Waals surface area contributed by atoms with Crippen molar-refractivity contribution >= 4 is 27.7 Å². The van der Waals surface area contributed by atoms with Crippen molar-refractivity contribution in [1.29, 1.82) is 0 Å². The van der Waals surface area contributed by atoms with Crippen molar-refractivity contribution in [2.45, 2.75) is 29.9 Å². The normalized spacial score (nSPS) is 13.6. The highest BCUT2D eigenvalue weighted by molar-refractivity contribution is 9.10. The smallest absolute Gasteiger partial charge is 0.144 e. The van der Waals surface area contributed by atoms with Crippen molar-refractivity contribution in [3.05, 3.63) is 63.1 Å². The van der Waals surface area contributed by atoms with Gasteiger partial charge in [0.05, 0.1) is 4.47 Å². The number of fused-ring (bicyclic) bond motifs is 1. The summed E-state index contributed by atoms with van der Waals surface area (Å²) in [6, 6.07) is 9.03. The number of hydrogen-bond acceptors (Lipinski definition) is 1. The molecule has 1 aliphatic carbocycles. The van der Waals surface area contributed by atoms with Gasteiger partial charge in [0.2, 0.25) is 0 Å². The lowest BCUT2D eigenvalue weighted by Crippen LogP contribution is -1.94. The Morgan fingerprint density at radius 2 is 1.85 bits per heavy atom. The summed E-state index contributed by atoms with van der Waals surface area (Å²) in [4.78, 5) is 1.07. The van der Waals surface area contributed by atoms with Crippen LogP contribution >= 0.6 is 27.7 Å². The molecule has 0 heterocycles. The molecule has 1 aliphatic rings. The molecule has 0 atom stereocenters. The van der Waals surface area contributed by atoms with Crippen LogP contribution in [0.5, 0.6) is 0 Å². The van der Waals surface area contributed by atoms with E-state index >= 15 is 0 Å². The Morgan fingerprint density at radius 1 is 1.05 bits per heavy atom. The molecular formula is C16H13BrF2S. The second-order valence-corrected chi connectivity index (χ2v) is 6.80. The SMILES string of the molecule is Fc1ccc(Br)c(F)c1CSc1ccc2c(c1)CCC2. The largest absolute Gasteiger partial charge is 0.207 e. The van der Waals surface area contributed by atoms with Crippen molar-refractivity contribution in [2.75, 3.05) is 0 Å². The summed E-state index contributed by atoms with van der Waals surface area (Å²) in [5.74, 6) is -0.686. The molecule has 0 saturated heterocycles. The van der Waals surface area contributed by atoms with Crippen LogP contribution in [0.15, 0.2) is 39.7 Å². The Balaban J connectivity index is 1.79. The van der Waals surface area contributed by atoms with Gasteiger partial charge >= 0.3 is 0 Å². The monoisotopic (exact) mass is 354 g/mol. The number of benzene rings is 2. The molecule has 0 bridgehead atoms. The lowest BCUT2D eigenvalue weighted by Gasteiger charge is -2.08. The molecule has 0 radical (unpaired) electrons. The first-order chi connectivity index (χ1) is 9.65. The first-order valence-corrected chi connectivity index (χ1v) is 8.30. The molecule has 0 spiro atoms. The van der Waals surface area contributed by atoms with E-state index in [9.17, 15) is 8.78 Å². The van der Waals surface area contributed by atoms with Gasteiger partial charge in [-0.25, -0.2) is 8.78 Å². The molecule has 0 N–H and O–H groups in total. The van der Waals surface area contributed by atoms with E-state index in [0.717, 1.165) is 17.7 Å². The summed E-state index contributed by atoms with van der Waals surface area (Å²) in [6.45, 7) is 0. The molecule has 0 aromatic heterocycles. The summed E-state index contributed by atoms with van der Waals surface area (Å²) < 4.78 is 27.9. The molecule has 0 nitrogen and oxygen atoms in total. The van der Waals surface area contributed by atoms with Gasteiger partial charge in [-0.2, -0.15) is 0 Å². The summed E-state index contributed by atoms with van der Waals surface area (Å²) >= 11 is 4.57. The molecule has 3 rings (SSSR count). The predicted molar refractivity (Wildman–Crippen MR) is 82.1 cm³/mol. The molecule has 0 fully saturated rings. The summed E-state index contributed by atoms with van der Waals surface area (Å²) in [5.41, 5.74) is 2.92. The van der Waals surface area contributed by atoms with Crippen LogP contribution < -0.4 is 0 Å². The van der Waals surface area contributed by atoms with Gasteiger partial charge in [0.25, 0.3) is 0 Å². The highest BCUT2D eigenvalue weighted by Gasteiger charge is 2.14. The average molecular weight is 355 g/mol. The zero-order valence-corrected chi connectivity index (χ0v) is 13.2. The molecule has 0 aliphatic heterocycles. The lowest BCUT2D eigenvalue weighted by molar-refractivity contribution is 0.562. The van der Waals surface area contributed by atoms with Gasteiger partial charge in [-0.15, -0.1) is 11.8 Å². The van der Waals surface area contributed by atoms with Gasteiger partial charge in [0.15, 0.2) is 0 Å². The highest BCUT2D eigenvalue weighted by atomic mass is 79.9. The van der Waals surface area contributed by atoms with E-state index in [1.165, 1.54) is 41.4 Å². The van der Waals surface area contributed by atoms with Crippen molar-refractivity contribution in [2.24, 2.45) is 0 Å². The maximum absolute atomic E-state index is 13.9. The van der Waals surface area contributed by atoms with E-state index in [2.05, 4.69) is 28.1 Å². The van der Waals surface area contributed by atoms with Crippen molar-refractivity contribution in [1.82, 2.24) is 0 Å². The minimum atomic E-state index is -0.501. The Bertz CT molecular complexity index is 655. The average Bonchev–Trinajstić information content (AvgIpc) is 2.90. The van der Waals surface area contributed by atoms with Crippen molar-refractivity contribution < 1.29 is 8.78 Å². The van der Waals surface area contributed by atoms with E-state index in [4.69, 9.17) is 0 Å². The van der Waals surface area contributed by atoms with Gasteiger partial charge in [0, 0.05) is 16.2 Å². The lowest BCUT2D eigenvalue weighted by atomic mass is 10.1. The fraction of sp³-hybridized carbons (Fsp3) is 0.250. The Hall–Kier alpha value is -0.870. The Kier molecular flexibility index (Phi) is 4.13. The standard InChI is InChI=1S/C16H13BrF2S/c17-14-6-7-15(18)13(16(14)19)9-20-12-5-4-10-2-1-3-11(10)8-12/h4-8H,1-3,9H2. The van der Waals surface area contributed by atoms with Crippen LogP contribution in [-0.4, -0.2) is 0 Å².